The van der Waals surface area contributed by atoms with Gasteiger partial charge in [-0.25, -0.2) is 17.5 Å². The number of aromatic nitrogens is 2. The maximum absolute atomic E-state index is 13.3. The van der Waals surface area contributed by atoms with E-state index in [1.807, 2.05) is 0 Å². The zero-order valence-electron chi connectivity index (χ0n) is 16.9. The fourth-order valence-electron chi connectivity index (χ4n) is 3.11. The number of halogens is 1. The van der Waals surface area contributed by atoms with E-state index in [-0.39, 0.29) is 21.9 Å². The van der Waals surface area contributed by atoms with Crippen LogP contribution in [-0.4, -0.2) is 35.5 Å². The van der Waals surface area contributed by atoms with Crippen LogP contribution in [-0.2, 0) is 9.84 Å². The van der Waals surface area contributed by atoms with Gasteiger partial charge in [-0.1, -0.05) is 24.3 Å². The number of sulfone groups is 1. The summed E-state index contributed by atoms with van der Waals surface area (Å²) in [5.74, 6) is -1.03. The molecule has 1 amide bonds. The zero-order valence-corrected chi connectivity index (χ0v) is 17.7. The highest BCUT2D eigenvalue weighted by atomic mass is 32.2. The maximum atomic E-state index is 13.3. The van der Waals surface area contributed by atoms with E-state index in [2.05, 4.69) is 10.4 Å². The lowest BCUT2D eigenvalue weighted by Crippen LogP contribution is -2.12. The summed E-state index contributed by atoms with van der Waals surface area (Å²) in [6.07, 6.45) is 2.60. The van der Waals surface area contributed by atoms with E-state index in [1.165, 1.54) is 53.3 Å². The molecule has 0 saturated heterocycles. The number of nitrogens with zero attached hydrogens (tertiary/aromatic N) is 2. The van der Waals surface area contributed by atoms with E-state index < -0.39 is 21.6 Å². The summed E-state index contributed by atoms with van der Waals surface area (Å²) in [5.41, 5.74) is 1.75. The molecule has 0 atom stereocenters. The van der Waals surface area contributed by atoms with Crippen LogP contribution in [0.2, 0.25) is 0 Å². The molecule has 0 radical (unpaired) electrons. The minimum Gasteiger partial charge on any atom is -0.506 e. The Kier molecular flexibility index (Phi) is 5.50. The highest BCUT2D eigenvalue weighted by Gasteiger charge is 2.20. The molecule has 1 aromatic heterocycles. The highest BCUT2D eigenvalue weighted by molar-refractivity contribution is 7.90. The summed E-state index contributed by atoms with van der Waals surface area (Å²) in [6, 6.07) is 17.9. The van der Waals surface area contributed by atoms with E-state index in [9.17, 15) is 22.7 Å². The van der Waals surface area contributed by atoms with Crippen molar-refractivity contribution in [1.82, 2.24) is 9.78 Å². The van der Waals surface area contributed by atoms with Crippen molar-refractivity contribution in [2.45, 2.75) is 4.90 Å². The van der Waals surface area contributed by atoms with Crippen molar-refractivity contribution in [3.8, 4) is 22.7 Å². The number of para-hydroxylation sites is 2. The number of phenolic OH excluding ortho intramolecular Hbond substituents is 1. The first-order valence-corrected chi connectivity index (χ1v) is 11.4. The largest absolute Gasteiger partial charge is 0.506 e. The second kappa shape index (κ2) is 8.27. The smallest absolute Gasteiger partial charge is 0.259 e. The van der Waals surface area contributed by atoms with Gasteiger partial charge in [0.2, 0.25) is 0 Å². The Labute approximate surface area is 183 Å². The summed E-state index contributed by atoms with van der Waals surface area (Å²) >= 11 is 0. The number of nitrogens with one attached hydrogen (secondary N) is 1. The molecule has 3 aromatic carbocycles. The lowest BCUT2D eigenvalue weighted by molar-refractivity contribution is 0.102. The first kappa shape index (κ1) is 21.3. The number of carbonyl (C=O) groups is 1. The van der Waals surface area contributed by atoms with Crippen molar-refractivity contribution in [1.29, 1.82) is 0 Å². The van der Waals surface area contributed by atoms with Crippen molar-refractivity contribution in [2.24, 2.45) is 0 Å². The Hall–Kier alpha value is -3.98. The molecule has 4 aromatic rings. The van der Waals surface area contributed by atoms with E-state index in [1.54, 1.807) is 30.3 Å². The van der Waals surface area contributed by atoms with Gasteiger partial charge in [-0.15, -0.1) is 0 Å². The lowest BCUT2D eigenvalue weighted by Gasteiger charge is -2.07. The van der Waals surface area contributed by atoms with Gasteiger partial charge in [-0.2, -0.15) is 5.10 Å². The second-order valence-corrected chi connectivity index (χ2v) is 9.10. The van der Waals surface area contributed by atoms with Crippen LogP contribution in [0, 0.1) is 5.82 Å². The molecule has 32 heavy (non-hydrogen) atoms. The predicted molar refractivity (Wildman–Crippen MR) is 118 cm³/mol. The first-order chi connectivity index (χ1) is 15.2. The zero-order chi connectivity index (χ0) is 22.9. The van der Waals surface area contributed by atoms with Gasteiger partial charge < -0.3 is 10.4 Å². The van der Waals surface area contributed by atoms with Crippen LogP contribution >= 0.6 is 0 Å². The van der Waals surface area contributed by atoms with Crippen molar-refractivity contribution >= 4 is 21.4 Å². The third-order valence-electron chi connectivity index (χ3n) is 4.76. The summed E-state index contributed by atoms with van der Waals surface area (Å²) < 4.78 is 38.3. The van der Waals surface area contributed by atoms with Crippen molar-refractivity contribution in [3.63, 3.8) is 0 Å². The number of hydrogen-bond acceptors (Lipinski definition) is 5. The molecule has 0 saturated carbocycles. The number of benzene rings is 3. The number of rotatable bonds is 5. The molecule has 0 spiro atoms. The standard InChI is InChI=1S/C23H18FN3O4S/c1-32(30,31)18-12-6-15(7-13-18)22-19(23(29)25-20-4-2-3-5-21(20)28)14-27(26-22)17-10-8-16(24)9-11-17/h2-14,28H,1H3,(H,25,29). The third-order valence-corrected chi connectivity index (χ3v) is 5.89. The van der Waals surface area contributed by atoms with E-state index in [0.29, 0.717) is 16.9 Å². The summed E-state index contributed by atoms with van der Waals surface area (Å²) in [5, 5.41) is 17.1. The topological polar surface area (TPSA) is 101 Å². The van der Waals surface area contributed by atoms with Gasteiger partial charge in [-0.05, 0) is 48.5 Å². The van der Waals surface area contributed by atoms with Gasteiger partial charge >= 0.3 is 0 Å². The SMILES string of the molecule is CS(=O)(=O)c1ccc(-c2nn(-c3ccc(F)cc3)cc2C(=O)Nc2ccccc2O)cc1. The Bertz CT molecular complexity index is 1400. The highest BCUT2D eigenvalue weighted by Crippen LogP contribution is 2.28. The number of anilines is 1. The molecule has 0 bridgehead atoms. The molecule has 0 aliphatic rings. The average Bonchev–Trinajstić information content (AvgIpc) is 3.21. The molecule has 9 heteroatoms. The second-order valence-electron chi connectivity index (χ2n) is 7.08. The van der Waals surface area contributed by atoms with Gasteiger partial charge in [-0.3, -0.25) is 4.79 Å². The van der Waals surface area contributed by atoms with E-state index in [0.717, 1.165) is 6.26 Å². The number of phenols is 1. The minimum atomic E-state index is -3.38. The molecule has 2 N–H and O–H groups in total. The van der Waals surface area contributed by atoms with Gasteiger partial charge in [0.25, 0.3) is 5.91 Å². The van der Waals surface area contributed by atoms with Gasteiger partial charge in [0.1, 0.15) is 17.3 Å². The van der Waals surface area contributed by atoms with Crippen LogP contribution in [0.15, 0.2) is 83.9 Å². The van der Waals surface area contributed by atoms with Crippen LogP contribution in [0.25, 0.3) is 16.9 Å². The predicted octanol–water partition coefficient (Wildman–Crippen LogP) is 4.04. The van der Waals surface area contributed by atoms with Crippen LogP contribution in [0.1, 0.15) is 10.4 Å². The quantitative estimate of drug-likeness (QED) is 0.446. The Morgan fingerprint density at radius 3 is 2.28 bits per heavy atom. The molecular weight excluding hydrogens is 433 g/mol. The summed E-state index contributed by atoms with van der Waals surface area (Å²) in [4.78, 5) is 13.2. The van der Waals surface area contributed by atoms with E-state index in [4.69, 9.17) is 0 Å². The Morgan fingerprint density at radius 2 is 1.66 bits per heavy atom. The average molecular weight is 451 g/mol. The fraction of sp³-hybridized carbons (Fsp3) is 0.0435. The van der Waals surface area contributed by atoms with Crippen LogP contribution < -0.4 is 5.32 Å². The summed E-state index contributed by atoms with van der Waals surface area (Å²) in [6.45, 7) is 0. The first-order valence-electron chi connectivity index (χ1n) is 9.48. The molecule has 4 rings (SSSR count). The molecule has 0 aliphatic heterocycles. The maximum Gasteiger partial charge on any atom is 0.259 e. The van der Waals surface area contributed by atoms with Crippen LogP contribution in [0.3, 0.4) is 0 Å². The van der Waals surface area contributed by atoms with Crippen molar-refractivity contribution in [3.05, 3.63) is 90.4 Å². The van der Waals surface area contributed by atoms with Crippen LogP contribution in [0.5, 0.6) is 5.75 Å². The molecule has 0 fully saturated rings. The number of aromatic hydroxyl groups is 1. The number of carbonyl (C=O) groups excluding carboxylic acids is 1. The molecule has 162 valence electrons. The van der Waals surface area contributed by atoms with Gasteiger partial charge in [0.05, 0.1) is 21.8 Å². The molecular formula is C23H18FN3O4S. The van der Waals surface area contributed by atoms with Gasteiger partial charge in [0.15, 0.2) is 9.84 Å². The molecule has 1 heterocycles. The summed E-state index contributed by atoms with van der Waals surface area (Å²) in [7, 11) is -3.38. The lowest BCUT2D eigenvalue weighted by atomic mass is 10.1. The van der Waals surface area contributed by atoms with E-state index >= 15 is 0 Å². The van der Waals surface area contributed by atoms with Crippen LogP contribution in [0.4, 0.5) is 10.1 Å². The fourth-order valence-corrected chi connectivity index (χ4v) is 3.74. The van der Waals surface area contributed by atoms with Crippen molar-refractivity contribution < 1.29 is 22.7 Å². The Balaban J connectivity index is 1.79. The number of amides is 1. The number of hydrogen-bond donors (Lipinski definition) is 2. The third kappa shape index (κ3) is 4.37. The minimum absolute atomic E-state index is 0.0918. The monoisotopic (exact) mass is 451 g/mol. The normalized spacial score (nSPS) is 11.3. The van der Waals surface area contributed by atoms with Gasteiger partial charge in [0, 0.05) is 18.0 Å². The molecule has 0 unspecified atom stereocenters. The molecule has 0 aliphatic carbocycles. The Morgan fingerprint density at radius 1 is 1.00 bits per heavy atom. The molecule has 7 nitrogen and oxygen atoms in total. The van der Waals surface area contributed by atoms with Crippen molar-refractivity contribution in [2.75, 3.05) is 11.6 Å².